The molecule has 0 aliphatic rings. The molecule has 3 rings (SSSR count). The van der Waals surface area contributed by atoms with Crippen molar-refractivity contribution < 1.29 is 19.0 Å². The SMILES string of the molecule is COc1ccc(/C=C/c2cc(OC)cc(OC)c2/C=C/C(=O)c2ccc(C)cc2C)cc1. The Bertz CT molecular complexity index is 1150. The molecule has 3 aromatic rings. The maximum atomic E-state index is 12.8. The first-order valence-corrected chi connectivity index (χ1v) is 10.3. The molecular weight excluding hydrogens is 400 g/mol. The Kier molecular flexibility index (Phi) is 7.50. The van der Waals surface area contributed by atoms with E-state index in [0.29, 0.717) is 17.1 Å². The van der Waals surface area contributed by atoms with E-state index in [1.807, 2.05) is 80.6 Å². The van der Waals surface area contributed by atoms with Crippen molar-refractivity contribution in [1.29, 1.82) is 0 Å². The largest absolute Gasteiger partial charge is 0.497 e. The zero-order chi connectivity index (χ0) is 23.1. The van der Waals surface area contributed by atoms with Crippen LogP contribution in [0.3, 0.4) is 0 Å². The number of methoxy groups -OCH3 is 3. The van der Waals surface area contributed by atoms with E-state index in [9.17, 15) is 4.79 Å². The predicted octanol–water partition coefficient (Wildman–Crippen LogP) is 6.40. The highest BCUT2D eigenvalue weighted by Crippen LogP contribution is 2.31. The number of hydrogen-bond donors (Lipinski definition) is 0. The van der Waals surface area contributed by atoms with E-state index >= 15 is 0 Å². The van der Waals surface area contributed by atoms with Gasteiger partial charge in [0.1, 0.15) is 17.2 Å². The summed E-state index contributed by atoms with van der Waals surface area (Å²) < 4.78 is 16.2. The smallest absolute Gasteiger partial charge is 0.186 e. The van der Waals surface area contributed by atoms with Gasteiger partial charge in [0.25, 0.3) is 0 Å². The molecule has 3 aromatic carbocycles. The summed E-state index contributed by atoms with van der Waals surface area (Å²) in [4.78, 5) is 12.8. The van der Waals surface area contributed by atoms with Gasteiger partial charge in [-0.15, -0.1) is 0 Å². The van der Waals surface area contributed by atoms with E-state index < -0.39 is 0 Å². The average molecular weight is 429 g/mol. The summed E-state index contributed by atoms with van der Waals surface area (Å²) in [7, 11) is 4.87. The van der Waals surface area contributed by atoms with Crippen LogP contribution in [0.4, 0.5) is 0 Å². The van der Waals surface area contributed by atoms with Crippen molar-refractivity contribution in [2.45, 2.75) is 13.8 Å². The van der Waals surface area contributed by atoms with Gasteiger partial charge in [-0.05, 0) is 60.9 Å². The Balaban J connectivity index is 1.98. The van der Waals surface area contributed by atoms with Crippen molar-refractivity contribution in [3.8, 4) is 17.2 Å². The van der Waals surface area contributed by atoms with Crippen LogP contribution in [-0.2, 0) is 0 Å². The van der Waals surface area contributed by atoms with Crippen molar-refractivity contribution in [2.75, 3.05) is 21.3 Å². The van der Waals surface area contributed by atoms with Crippen LogP contribution in [0.2, 0.25) is 0 Å². The first-order chi connectivity index (χ1) is 15.4. The van der Waals surface area contributed by atoms with Gasteiger partial charge in [0.15, 0.2) is 5.78 Å². The number of carbonyl (C=O) groups excluding carboxylic acids is 1. The molecule has 0 heterocycles. The van der Waals surface area contributed by atoms with Gasteiger partial charge in [-0.25, -0.2) is 0 Å². The van der Waals surface area contributed by atoms with E-state index in [1.54, 1.807) is 33.5 Å². The summed E-state index contributed by atoms with van der Waals surface area (Å²) in [5.41, 5.74) is 5.48. The van der Waals surface area contributed by atoms with Crippen molar-refractivity contribution in [3.63, 3.8) is 0 Å². The molecule has 32 heavy (non-hydrogen) atoms. The number of rotatable bonds is 8. The number of benzene rings is 3. The number of hydrogen-bond acceptors (Lipinski definition) is 4. The van der Waals surface area contributed by atoms with Crippen molar-refractivity contribution >= 4 is 24.0 Å². The quantitative estimate of drug-likeness (QED) is 0.237. The highest BCUT2D eigenvalue weighted by molar-refractivity contribution is 6.08. The zero-order valence-corrected chi connectivity index (χ0v) is 19.1. The summed E-state index contributed by atoms with van der Waals surface area (Å²) in [5, 5.41) is 0. The molecule has 0 aliphatic carbocycles. The molecule has 0 unspecified atom stereocenters. The Hall–Kier alpha value is -3.79. The van der Waals surface area contributed by atoms with E-state index in [2.05, 4.69) is 0 Å². The van der Waals surface area contributed by atoms with E-state index in [1.165, 1.54) is 0 Å². The van der Waals surface area contributed by atoms with Crippen molar-refractivity contribution in [3.05, 3.63) is 94.1 Å². The standard InChI is InChI=1S/C28H28O4/c1-19-6-13-25(20(2)16-19)27(29)15-14-26-22(17-24(31-4)18-28(26)32-5)10-7-21-8-11-23(30-3)12-9-21/h6-18H,1-5H3/b10-7+,15-14+. The first-order valence-electron chi connectivity index (χ1n) is 10.3. The fourth-order valence-electron chi connectivity index (χ4n) is 3.46. The number of carbonyl (C=O) groups is 1. The summed E-state index contributed by atoms with van der Waals surface area (Å²) in [6.45, 7) is 3.96. The van der Waals surface area contributed by atoms with E-state index in [-0.39, 0.29) is 5.78 Å². The lowest BCUT2D eigenvalue weighted by atomic mass is 9.99. The molecule has 0 aliphatic heterocycles. The van der Waals surface area contributed by atoms with Gasteiger partial charge in [-0.3, -0.25) is 4.79 Å². The Labute approximate surface area is 189 Å². The molecule has 4 heteroatoms. The Morgan fingerprint density at radius 3 is 2.09 bits per heavy atom. The van der Waals surface area contributed by atoms with Crippen LogP contribution in [0.5, 0.6) is 17.2 Å². The maximum absolute atomic E-state index is 12.8. The molecule has 0 bridgehead atoms. The minimum absolute atomic E-state index is 0.0505. The fraction of sp³-hybridized carbons (Fsp3) is 0.179. The molecule has 0 N–H and O–H groups in total. The molecule has 0 atom stereocenters. The monoisotopic (exact) mass is 428 g/mol. The van der Waals surface area contributed by atoms with Crippen LogP contribution in [-0.4, -0.2) is 27.1 Å². The Morgan fingerprint density at radius 1 is 0.750 bits per heavy atom. The van der Waals surface area contributed by atoms with Gasteiger partial charge >= 0.3 is 0 Å². The van der Waals surface area contributed by atoms with Crippen LogP contribution >= 0.6 is 0 Å². The molecule has 0 spiro atoms. The molecule has 0 saturated carbocycles. The van der Waals surface area contributed by atoms with Crippen LogP contribution in [0.25, 0.3) is 18.2 Å². The molecule has 164 valence electrons. The normalized spacial score (nSPS) is 11.2. The predicted molar refractivity (Wildman–Crippen MR) is 131 cm³/mol. The van der Waals surface area contributed by atoms with Gasteiger partial charge in [0.2, 0.25) is 0 Å². The van der Waals surface area contributed by atoms with Gasteiger partial charge in [0.05, 0.1) is 21.3 Å². The molecule has 0 amide bonds. The average Bonchev–Trinajstić information content (AvgIpc) is 2.81. The summed E-state index contributed by atoms with van der Waals surface area (Å²) >= 11 is 0. The topological polar surface area (TPSA) is 44.8 Å². The molecular formula is C28H28O4. The van der Waals surface area contributed by atoms with Crippen molar-refractivity contribution in [1.82, 2.24) is 0 Å². The van der Waals surface area contributed by atoms with Crippen LogP contribution in [0, 0.1) is 13.8 Å². The number of ether oxygens (including phenoxy) is 3. The molecule has 0 aromatic heterocycles. The van der Waals surface area contributed by atoms with Crippen LogP contribution in [0.15, 0.2) is 60.7 Å². The number of aryl methyl sites for hydroxylation is 2. The van der Waals surface area contributed by atoms with Crippen LogP contribution < -0.4 is 14.2 Å². The second kappa shape index (κ2) is 10.5. The zero-order valence-electron chi connectivity index (χ0n) is 19.1. The molecule has 0 radical (unpaired) electrons. The van der Waals surface area contributed by atoms with Gasteiger partial charge in [-0.2, -0.15) is 0 Å². The lowest BCUT2D eigenvalue weighted by molar-refractivity contribution is 0.104. The summed E-state index contributed by atoms with van der Waals surface area (Å²) in [5.74, 6) is 2.06. The Morgan fingerprint density at radius 2 is 1.47 bits per heavy atom. The number of ketones is 1. The van der Waals surface area contributed by atoms with E-state index in [4.69, 9.17) is 14.2 Å². The lowest BCUT2D eigenvalue weighted by Crippen LogP contribution is -1.99. The summed E-state index contributed by atoms with van der Waals surface area (Å²) in [6.07, 6.45) is 7.37. The van der Waals surface area contributed by atoms with E-state index in [0.717, 1.165) is 33.6 Å². The van der Waals surface area contributed by atoms with Gasteiger partial charge < -0.3 is 14.2 Å². The van der Waals surface area contributed by atoms with Crippen molar-refractivity contribution in [2.24, 2.45) is 0 Å². The number of allylic oxidation sites excluding steroid dienone is 1. The fourth-order valence-corrected chi connectivity index (χ4v) is 3.46. The first kappa shape index (κ1) is 22.9. The third-order valence-electron chi connectivity index (χ3n) is 5.22. The minimum Gasteiger partial charge on any atom is -0.497 e. The second-order valence-corrected chi connectivity index (χ2v) is 7.46. The summed E-state index contributed by atoms with van der Waals surface area (Å²) in [6, 6.07) is 17.3. The third-order valence-corrected chi connectivity index (χ3v) is 5.22. The maximum Gasteiger partial charge on any atom is 0.186 e. The molecule has 4 nitrogen and oxygen atoms in total. The third kappa shape index (κ3) is 5.46. The van der Waals surface area contributed by atoms with Gasteiger partial charge in [-0.1, -0.05) is 48.0 Å². The van der Waals surface area contributed by atoms with Gasteiger partial charge in [0, 0.05) is 17.2 Å². The molecule has 0 saturated heterocycles. The highest BCUT2D eigenvalue weighted by atomic mass is 16.5. The molecule has 0 fully saturated rings. The highest BCUT2D eigenvalue weighted by Gasteiger charge is 2.11. The van der Waals surface area contributed by atoms with Crippen LogP contribution in [0.1, 0.15) is 38.2 Å². The lowest BCUT2D eigenvalue weighted by Gasteiger charge is -2.12. The minimum atomic E-state index is -0.0505. The second-order valence-electron chi connectivity index (χ2n) is 7.46.